The van der Waals surface area contributed by atoms with E-state index in [2.05, 4.69) is 0 Å². The molecule has 0 saturated carbocycles. The third-order valence-electron chi connectivity index (χ3n) is 2.34. The number of carbonyl (C=O) groups excluding carboxylic acids is 1. The van der Waals surface area contributed by atoms with Gasteiger partial charge in [-0.25, -0.2) is 4.79 Å². The first kappa shape index (κ1) is 9.34. The maximum absolute atomic E-state index is 11.6. The maximum atomic E-state index is 11.6. The number of likely N-dealkylation sites (N-methyl/N-ethyl adjacent to an activating group) is 1. The molecule has 0 aliphatic carbocycles. The number of hydrogen-bond acceptors (Lipinski definition) is 1. The molecule has 0 unspecified atom stereocenters. The highest BCUT2D eigenvalue weighted by Gasteiger charge is 2.26. The summed E-state index contributed by atoms with van der Waals surface area (Å²) in [5, 5.41) is 0.657. The molecule has 2 amide bonds. The maximum Gasteiger partial charge on any atom is 0.324 e. The summed E-state index contributed by atoms with van der Waals surface area (Å²) in [4.78, 5) is 15.0. The van der Waals surface area contributed by atoms with E-state index in [1.165, 1.54) is 0 Å². The van der Waals surface area contributed by atoms with Gasteiger partial charge >= 0.3 is 6.03 Å². The molecule has 14 heavy (non-hydrogen) atoms. The number of amides is 2. The molecule has 1 fully saturated rings. The lowest BCUT2D eigenvalue weighted by molar-refractivity contribution is 0.229. The summed E-state index contributed by atoms with van der Waals surface area (Å²) in [7, 11) is 1.80. The van der Waals surface area contributed by atoms with E-state index < -0.39 is 0 Å². The van der Waals surface area contributed by atoms with E-state index in [1.807, 2.05) is 12.1 Å². The van der Waals surface area contributed by atoms with Crippen molar-refractivity contribution in [3.63, 3.8) is 0 Å². The molecule has 0 atom stereocenters. The minimum absolute atomic E-state index is 0.0345. The molecule has 2 rings (SSSR count). The fraction of sp³-hybridized carbons (Fsp3) is 0.300. The van der Waals surface area contributed by atoms with Crippen LogP contribution in [0.5, 0.6) is 0 Å². The van der Waals surface area contributed by atoms with Crippen LogP contribution in [0.4, 0.5) is 10.5 Å². The molecule has 74 valence electrons. The van der Waals surface area contributed by atoms with Gasteiger partial charge in [0.15, 0.2) is 0 Å². The Morgan fingerprint density at radius 3 is 2.71 bits per heavy atom. The SMILES string of the molecule is CN1CCN(c2cccc(Cl)c2)C1=O. The number of urea groups is 1. The zero-order valence-corrected chi connectivity index (χ0v) is 8.66. The summed E-state index contributed by atoms with van der Waals surface area (Å²) < 4.78 is 0. The number of rotatable bonds is 1. The number of anilines is 1. The topological polar surface area (TPSA) is 23.6 Å². The predicted molar refractivity (Wildman–Crippen MR) is 56.8 cm³/mol. The fourth-order valence-corrected chi connectivity index (χ4v) is 1.72. The number of benzene rings is 1. The quantitative estimate of drug-likeness (QED) is 0.697. The largest absolute Gasteiger partial charge is 0.326 e. The second kappa shape index (κ2) is 3.50. The van der Waals surface area contributed by atoms with Gasteiger partial charge < -0.3 is 4.90 Å². The van der Waals surface area contributed by atoms with Gasteiger partial charge in [-0.1, -0.05) is 17.7 Å². The number of carbonyl (C=O) groups is 1. The highest BCUT2D eigenvalue weighted by Crippen LogP contribution is 2.22. The van der Waals surface area contributed by atoms with Crippen LogP contribution in [0.15, 0.2) is 24.3 Å². The summed E-state index contributed by atoms with van der Waals surface area (Å²) in [6.45, 7) is 1.50. The van der Waals surface area contributed by atoms with Gasteiger partial charge in [-0.15, -0.1) is 0 Å². The van der Waals surface area contributed by atoms with Gasteiger partial charge in [0.25, 0.3) is 0 Å². The Labute approximate surface area is 87.9 Å². The van der Waals surface area contributed by atoms with Crippen LogP contribution >= 0.6 is 11.6 Å². The molecule has 1 heterocycles. The molecular formula is C10H11ClN2O. The van der Waals surface area contributed by atoms with Gasteiger partial charge in [0.1, 0.15) is 0 Å². The molecular weight excluding hydrogens is 200 g/mol. The molecule has 0 bridgehead atoms. The highest BCUT2D eigenvalue weighted by atomic mass is 35.5. The predicted octanol–water partition coefficient (Wildman–Crippen LogP) is 2.21. The van der Waals surface area contributed by atoms with E-state index in [9.17, 15) is 4.79 Å². The molecule has 0 aromatic heterocycles. The van der Waals surface area contributed by atoms with Crippen molar-refractivity contribution in [2.45, 2.75) is 0 Å². The van der Waals surface area contributed by atoms with Crippen LogP contribution in [-0.2, 0) is 0 Å². The number of hydrogen-bond donors (Lipinski definition) is 0. The molecule has 3 nitrogen and oxygen atoms in total. The Kier molecular flexibility index (Phi) is 2.33. The fourth-order valence-electron chi connectivity index (χ4n) is 1.53. The lowest BCUT2D eigenvalue weighted by atomic mass is 10.3. The molecule has 1 aromatic carbocycles. The summed E-state index contributed by atoms with van der Waals surface area (Å²) >= 11 is 5.86. The van der Waals surface area contributed by atoms with Gasteiger partial charge in [-0.2, -0.15) is 0 Å². The van der Waals surface area contributed by atoms with Gasteiger partial charge in [0, 0.05) is 30.8 Å². The van der Waals surface area contributed by atoms with Crippen LogP contribution in [-0.4, -0.2) is 31.1 Å². The van der Waals surface area contributed by atoms with Crippen molar-refractivity contribution in [2.75, 3.05) is 25.0 Å². The summed E-state index contributed by atoms with van der Waals surface area (Å²) in [5.41, 5.74) is 0.867. The molecule has 0 radical (unpaired) electrons. The lowest BCUT2D eigenvalue weighted by Gasteiger charge is -2.15. The first-order valence-corrected chi connectivity index (χ1v) is 4.84. The Morgan fingerprint density at radius 1 is 1.36 bits per heavy atom. The van der Waals surface area contributed by atoms with Crippen LogP contribution < -0.4 is 4.90 Å². The van der Waals surface area contributed by atoms with Crippen molar-refractivity contribution in [1.29, 1.82) is 0 Å². The average Bonchev–Trinajstić information content (AvgIpc) is 2.48. The van der Waals surface area contributed by atoms with Crippen molar-refractivity contribution in [3.05, 3.63) is 29.3 Å². The molecule has 1 aliphatic rings. The van der Waals surface area contributed by atoms with Crippen LogP contribution in [0, 0.1) is 0 Å². The first-order valence-electron chi connectivity index (χ1n) is 4.46. The van der Waals surface area contributed by atoms with E-state index in [1.54, 1.807) is 29.0 Å². The molecule has 1 aliphatic heterocycles. The molecule has 0 N–H and O–H groups in total. The minimum atomic E-state index is 0.0345. The molecule has 1 aromatic rings. The third-order valence-corrected chi connectivity index (χ3v) is 2.57. The molecule has 0 spiro atoms. The van der Waals surface area contributed by atoms with Crippen molar-refractivity contribution in [1.82, 2.24) is 4.90 Å². The van der Waals surface area contributed by atoms with E-state index >= 15 is 0 Å². The van der Waals surface area contributed by atoms with Gasteiger partial charge in [0.2, 0.25) is 0 Å². The van der Waals surface area contributed by atoms with Crippen LogP contribution in [0.25, 0.3) is 0 Å². The smallest absolute Gasteiger partial charge is 0.324 e. The van der Waals surface area contributed by atoms with Crippen LogP contribution in [0.2, 0.25) is 5.02 Å². The Bertz CT molecular complexity index is 367. The number of nitrogens with zero attached hydrogens (tertiary/aromatic N) is 2. The van der Waals surface area contributed by atoms with Crippen molar-refractivity contribution in [2.24, 2.45) is 0 Å². The van der Waals surface area contributed by atoms with Crippen LogP contribution in [0.1, 0.15) is 0 Å². The molecule has 1 saturated heterocycles. The first-order chi connectivity index (χ1) is 6.68. The number of halogens is 1. The van der Waals surface area contributed by atoms with Crippen molar-refractivity contribution < 1.29 is 4.79 Å². The zero-order valence-electron chi connectivity index (χ0n) is 7.90. The van der Waals surface area contributed by atoms with Gasteiger partial charge in [-0.3, -0.25) is 4.90 Å². The Balaban J connectivity index is 2.28. The minimum Gasteiger partial charge on any atom is -0.326 e. The van der Waals surface area contributed by atoms with Crippen molar-refractivity contribution in [3.8, 4) is 0 Å². The summed E-state index contributed by atoms with van der Waals surface area (Å²) in [6.07, 6.45) is 0. The monoisotopic (exact) mass is 210 g/mol. The standard InChI is InChI=1S/C10H11ClN2O/c1-12-5-6-13(10(12)14)9-4-2-3-8(11)7-9/h2-4,7H,5-6H2,1H3. The second-order valence-electron chi connectivity index (χ2n) is 3.34. The van der Waals surface area contributed by atoms with Gasteiger partial charge in [0.05, 0.1) is 0 Å². The highest BCUT2D eigenvalue weighted by molar-refractivity contribution is 6.30. The van der Waals surface area contributed by atoms with Crippen LogP contribution in [0.3, 0.4) is 0 Å². The molecule has 4 heteroatoms. The van der Waals surface area contributed by atoms with E-state index in [0.717, 1.165) is 18.8 Å². The van der Waals surface area contributed by atoms with Gasteiger partial charge in [-0.05, 0) is 18.2 Å². The Hall–Kier alpha value is -1.22. The van der Waals surface area contributed by atoms with E-state index in [4.69, 9.17) is 11.6 Å². The summed E-state index contributed by atoms with van der Waals surface area (Å²) in [5.74, 6) is 0. The van der Waals surface area contributed by atoms with E-state index in [-0.39, 0.29) is 6.03 Å². The second-order valence-corrected chi connectivity index (χ2v) is 3.77. The van der Waals surface area contributed by atoms with E-state index in [0.29, 0.717) is 5.02 Å². The summed E-state index contributed by atoms with van der Waals surface area (Å²) in [6, 6.07) is 7.38. The third kappa shape index (κ3) is 1.55. The normalized spacial score (nSPS) is 16.6. The zero-order chi connectivity index (χ0) is 10.1. The Morgan fingerprint density at radius 2 is 2.14 bits per heavy atom. The average molecular weight is 211 g/mol. The van der Waals surface area contributed by atoms with Crippen molar-refractivity contribution >= 4 is 23.3 Å². The lowest BCUT2D eigenvalue weighted by Crippen LogP contribution is -2.29.